The first-order chi connectivity index (χ1) is 10.0. The molecule has 1 unspecified atom stereocenters. The van der Waals surface area contributed by atoms with Crippen LogP contribution in [0.1, 0.15) is 28.9 Å². The maximum Gasteiger partial charge on any atom is 0.257 e. The topological polar surface area (TPSA) is 45.2 Å². The smallest absolute Gasteiger partial charge is 0.257 e. The highest BCUT2D eigenvalue weighted by Crippen LogP contribution is 2.24. The molecule has 1 amide bonds. The Balaban J connectivity index is 2.26. The van der Waals surface area contributed by atoms with Crippen molar-refractivity contribution >= 4 is 23.2 Å². The van der Waals surface area contributed by atoms with Crippen LogP contribution in [0, 0.1) is 0 Å². The third kappa shape index (κ3) is 3.34. The highest BCUT2D eigenvalue weighted by molar-refractivity contribution is 6.30. The van der Waals surface area contributed by atoms with Gasteiger partial charge in [0.15, 0.2) is 0 Å². The third-order valence-electron chi connectivity index (χ3n) is 3.55. The van der Waals surface area contributed by atoms with Crippen LogP contribution >= 0.6 is 11.6 Å². The number of aromatic nitrogens is 1. The van der Waals surface area contributed by atoms with Crippen LogP contribution < -0.4 is 5.32 Å². The Labute approximate surface area is 129 Å². The summed E-state index contributed by atoms with van der Waals surface area (Å²) < 4.78 is 0. The van der Waals surface area contributed by atoms with E-state index < -0.39 is 0 Å². The molecule has 0 saturated heterocycles. The van der Waals surface area contributed by atoms with Crippen molar-refractivity contribution in [3.05, 3.63) is 58.9 Å². The Morgan fingerprint density at radius 1 is 1.38 bits per heavy atom. The van der Waals surface area contributed by atoms with Gasteiger partial charge in [0.2, 0.25) is 0 Å². The van der Waals surface area contributed by atoms with Crippen molar-refractivity contribution in [2.75, 3.05) is 19.4 Å². The number of halogens is 1. The molecule has 0 aliphatic heterocycles. The minimum absolute atomic E-state index is 0.0823. The molecule has 5 heteroatoms. The second-order valence-electron chi connectivity index (χ2n) is 4.82. The second-order valence-corrected chi connectivity index (χ2v) is 5.25. The summed E-state index contributed by atoms with van der Waals surface area (Å²) in [6, 6.07) is 9.24. The zero-order valence-electron chi connectivity index (χ0n) is 12.3. The molecule has 21 heavy (non-hydrogen) atoms. The molecule has 0 aliphatic carbocycles. The maximum atomic E-state index is 12.6. The van der Waals surface area contributed by atoms with Gasteiger partial charge in [0, 0.05) is 37.2 Å². The van der Waals surface area contributed by atoms with Crippen LogP contribution in [0.2, 0.25) is 5.02 Å². The van der Waals surface area contributed by atoms with Gasteiger partial charge in [-0.05, 0) is 30.7 Å². The lowest BCUT2D eigenvalue weighted by molar-refractivity contribution is 0.0743. The van der Waals surface area contributed by atoms with Crippen molar-refractivity contribution in [1.82, 2.24) is 9.88 Å². The molecule has 2 rings (SSSR count). The number of carbonyl (C=O) groups excluding carboxylic acids is 1. The molecule has 0 bridgehead atoms. The van der Waals surface area contributed by atoms with Crippen LogP contribution in [0.3, 0.4) is 0 Å². The van der Waals surface area contributed by atoms with Crippen molar-refractivity contribution in [3.63, 3.8) is 0 Å². The summed E-state index contributed by atoms with van der Waals surface area (Å²) in [7, 11) is 3.56. The van der Waals surface area contributed by atoms with Crippen LogP contribution in [0.4, 0.5) is 5.69 Å². The minimum Gasteiger partial charge on any atom is -0.387 e. The van der Waals surface area contributed by atoms with E-state index in [9.17, 15) is 4.79 Å². The fourth-order valence-corrected chi connectivity index (χ4v) is 2.34. The number of rotatable bonds is 4. The van der Waals surface area contributed by atoms with E-state index in [1.807, 2.05) is 31.2 Å². The molecule has 1 heterocycles. The Morgan fingerprint density at radius 2 is 2.14 bits per heavy atom. The summed E-state index contributed by atoms with van der Waals surface area (Å²) in [5, 5.41) is 3.67. The van der Waals surface area contributed by atoms with Gasteiger partial charge in [-0.25, -0.2) is 0 Å². The van der Waals surface area contributed by atoms with Crippen molar-refractivity contribution in [2.45, 2.75) is 13.0 Å². The molecule has 1 aromatic carbocycles. The van der Waals surface area contributed by atoms with E-state index in [1.54, 1.807) is 37.5 Å². The molecule has 0 aliphatic rings. The molecule has 110 valence electrons. The van der Waals surface area contributed by atoms with Gasteiger partial charge in [-0.3, -0.25) is 9.78 Å². The number of benzene rings is 1. The molecule has 0 saturated carbocycles. The first kappa shape index (κ1) is 15.3. The minimum atomic E-state index is -0.0834. The molecular weight excluding hydrogens is 286 g/mol. The van der Waals surface area contributed by atoms with Gasteiger partial charge in [0.05, 0.1) is 11.6 Å². The van der Waals surface area contributed by atoms with Crippen molar-refractivity contribution < 1.29 is 4.79 Å². The standard InChI is InChI=1S/C16H18ClN3O/c1-11(12-5-4-6-13(17)9-12)20(3)16(21)14-10-19-8-7-15(14)18-2/h4-11H,1-3H3,(H,18,19). The summed E-state index contributed by atoms with van der Waals surface area (Å²) in [5.41, 5.74) is 2.31. The fourth-order valence-electron chi connectivity index (χ4n) is 2.14. The molecule has 1 aromatic heterocycles. The van der Waals surface area contributed by atoms with Crippen LogP contribution in [-0.2, 0) is 0 Å². The van der Waals surface area contributed by atoms with Gasteiger partial charge in [-0.1, -0.05) is 23.7 Å². The highest BCUT2D eigenvalue weighted by atomic mass is 35.5. The molecule has 2 aromatic rings. The third-order valence-corrected chi connectivity index (χ3v) is 3.79. The number of nitrogens with zero attached hydrogens (tertiary/aromatic N) is 2. The summed E-state index contributed by atoms with van der Waals surface area (Å²) in [4.78, 5) is 18.4. The number of hydrogen-bond acceptors (Lipinski definition) is 3. The average Bonchev–Trinajstić information content (AvgIpc) is 2.52. The predicted molar refractivity (Wildman–Crippen MR) is 85.7 cm³/mol. The molecule has 1 atom stereocenters. The Bertz CT molecular complexity index is 645. The zero-order chi connectivity index (χ0) is 15.4. The van der Waals surface area contributed by atoms with Gasteiger partial charge >= 0.3 is 0 Å². The van der Waals surface area contributed by atoms with E-state index in [1.165, 1.54) is 0 Å². The lowest BCUT2D eigenvalue weighted by Gasteiger charge is -2.26. The van der Waals surface area contributed by atoms with E-state index in [2.05, 4.69) is 10.3 Å². The maximum absolute atomic E-state index is 12.6. The lowest BCUT2D eigenvalue weighted by atomic mass is 10.1. The Morgan fingerprint density at radius 3 is 2.81 bits per heavy atom. The number of anilines is 1. The first-order valence-electron chi connectivity index (χ1n) is 6.69. The number of nitrogens with one attached hydrogen (secondary N) is 1. The molecular formula is C16H18ClN3O. The summed E-state index contributed by atoms with van der Waals surface area (Å²) in [6.45, 7) is 1.97. The monoisotopic (exact) mass is 303 g/mol. The molecule has 0 radical (unpaired) electrons. The molecule has 0 spiro atoms. The van der Waals surface area contributed by atoms with Gasteiger partial charge < -0.3 is 10.2 Å². The molecule has 1 N–H and O–H groups in total. The summed E-state index contributed by atoms with van der Waals surface area (Å²) in [5.74, 6) is -0.0834. The summed E-state index contributed by atoms with van der Waals surface area (Å²) in [6.07, 6.45) is 3.23. The number of amides is 1. The van der Waals surface area contributed by atoms with E-state index in [0.717, 1.165) is 11.3 Å². The highest BCUT2D eigenvalue weighted by Gasteiger charge is 2.21. The first-order valence-corrected chi connectivity index (χ1v) is 7.06. The van der Waals surface area contributed by atoms with Crippen molar-refractivity contribution in [2.24, 2.45) is 0 Å². The number of hydrogen-bond donors (Lipinski definition) is 1. The number of carbonyl (C=O) groups is 1. The fraction of sp³-hybridized carbons (Fsp3) is 0.250. The van der Waals surface area contributed by atoms with Crippen LogP contribution in [-0.4, -0.2) is 29.9 Å². The second kappa shape index (κ2) is 6.59. The normalized spacial score (nSPS) is 11.8. The average molecular weight is 304 g/mol. The van der Waals surface area contributed by atoms with Gasteiger partial charge in [-0.2, -0.15) is 0 Å². The lowest BCUT2D eigenvalue weighted by Crippen LogP contribution is -2.30. The van der Waals surface area contributed by atoms with Crippen molar-refractivity contribution in [3.8, 4) is 0 Å². The molecule has 4 nitrogen and oxygen atoms in total. The van der Waals surface area contributed by atoms with Crippen LogP contribution in [0.15, 0.2) is 42.7 Å². The summed E-state index contributed by atoms with van der Waals surface area (Å²) >= 11 is 6.01. The van der Waals surface area contributed by atoms with Gasteiger partial charge in [0.1, 0.15) is 0 Å². The largest absolute Gasteiger partial charge is 0.387 e. The number of pyridine rings is 1. The zero-order valence-corrected chi connectivity index (χ0v) is 13.1. The van der Waals surface area contributed by atoms with E-state index in [0.29, 0.717) is 10.6 Å². The van der Waals surface area contributed by atoms with Crippen LogP contribution in [0.5, 0.6) is 0 Å². The molecule has 0 fully saturated rings. The van der Waals surface area contributed by atoms with E-state index in [-0.39, 0.29) is 11.9 Å². The van der Waals surface area contributed by atoms with E-state index in [4.69, 9.17) is 11.6 Å². The van der Waals surface area contributed by atoms with Crippen molar-refractivity contribution in [1.29, 1.82) is 0 Å². The van der Waals surface area contributed by atoms with Crippen LogP contribution in [0.25, 0.3) is 0 Å². The van der Waals surface area contributed by atoms with Gasteiger partial charge in [0.25, 0.3) is 5.91 Å². The predicted octanol–water partition coefficient (Wildman–Crippen LogP) is 3.61. The quantitative estimate of drug-likeness (QED) is 0.938. The Hall–Kier alpha value is -2.07. The Kier molecular flexibility index (Phi) is 4.81. The van der Waals surface area contributed by atoms with E-state index >= 15 is 0 Å². The SMILES string of the molecule is CNc1ccncc1C(=O)N(C)C(C)c1cccc(Cl)c1. The van der Waals surface area contributed by atoms with Gasteiger partial charge in [-0.15, -0.1) is 0 Å².